The van der Waals surface area contributed by atoms with E-state index < -0.39 is 11.1 Å². The van der Waals surface area contributed by atoms with Crippen molar-refractivity contribution in [2.24, 2.45) is 11.7 Å². The zero-order valence-electron chi connectivity index (χ0n) is 10.9. The van der Waals surface area contributed by atoms with E-state index in [-0.39, 0.29) is 6.04 Å². The maximum atomic E-state index is 12.5. The van der Waals surface area contributed by atoms with Crippen molar-refractivity contribution in [2.45, 2.75) is 38.5 Å². The standard InChI is InChI=1S/C13H19F3N2S/c1-9(17)10-3-2-6-18(7-10)8-11-4-5-12(19-11)13(14,15)16/h4-5,9-10H,2-3,6-8,17H2,1H3. The Kier molecular flexibility index (Phi) is 4.53. The van der Waals surface area contributed by atoms with Gasteiger partial charge < -0.3 is 5.73 Å². The van der Waals surface area contributed by atoms with Crippen molar-refractivity contribution < 1.29 is 13.2 Å². The van der Waals surface area contributed by atoms with Crippen LogP contribution in [0.2, 0.25) is 0 Å². The van der Waals surface area contributed by atoms with Crippen molar-refractivity contribution in [3.8, 4) is 0 Å². The largest absolute Gasteiger partial charge is 0.425 e. The van der Waals surface area contributed by atoms with E-state index in [0.717, 1.165) is 42.1 Å². The normalized spacial score (nSPS) is 23.5. The number of thiophene rings is 1. The molecule has 1 aromatic rings. The molecule has 1 fully saturated rings. The second-order valence-corrected chi connectivity index (χ2v) is 6.43. The highest BCUT2D eigenvalue weighted by Crippen LogP contribution is 2.35. The molecule has 2 heterocycles. The van der Waals surface area contributed by atoms with Crippen LogP contribution in [0.4, 0.5) is 13.2 Å². The molecule has 1 aromatic heterocycles. The van der Waals surface area contributed by atoms with Crippen molar-refractivity contribution in [1.29, 1.82) is 0 Å². The summed E-state index contributed by atoms with van der Waals surface area (Å²) in [7, 11) is 0. The number of rotatable bonds is 3. The maximum absolute atomic E-state index is 12.5. The van der Waals surface area contributed by atoms with E-state index in [0.29, 0.717) is 12.5 Å². The van der Waals surface area contributed by atoms with Gasteiger partial charge in [-0.25, -0.2) is 0 Å². The third kappa shape index (κ3) is 3.94. The van der Waals surface area contributed by atoms with Crippen molar-refractivity contribution >= 4 is 11.3 Å². The summed E-state index contributed by atoms with van der Waals surface area (Å²) >= 11 is 0.845. The summed E-state index contributed by atoms with van der Waals surface area (Å²) in [6.45, 7) is 4.43. The molecule has 2 rings (SSSR count). The minimum absolute atomic E-state index is 0.150. The molecule has 2 N–H and O–H groups in total. The first-order chi connectivity index (χ1) is 8.86. The molecule has 0 saturated carbocycles. The predicted molar refractivity (Wildman–Crippen MR) is 71.0 cm³/mol. The Balaban J connectivity index is 1.95. The number of likely N-dealkylation sites (tertiary alicyclic amines) is 1. The van der Waals surface area contributed by atoms with Crippen LogP contribution in [0.25, 0.3) is 0 Å². The molecule has 0 aliphatic carbocycles. The molecule has 1 aliphatic rings. The van der Waals surface area contributed by atoms with Gasteiger partial charge in [-0.3, -0.25) is 4.90 Å². The van der Waals surface area contributed by atoms with Gasteiger partial charge in [0.15, 0.2) is 0 Å². The van der Waals surface area contributed by atoms with Gasteiger partial charge in [0.1, 0.15) is 4.88 Å². The van der Waals surface area contributed by atoms with Gasteiger partial charge in [0.25, 0.3) is 0 Å². The number of hydrogen-bond donors (Lipinski definition) is 1. The van der Waals surface area contributed by atoms with Crippen molar-refractivity contribution in [3.63, 3.8) is 0 Å². The molecule has 1 saturated heterocycles. The molecular formula is C13H19F3N2S. The third-order valence-electron chi connectivity index (χ3n) is 3.61. The van der Waals surface area contributed by atoms with E-state index in [2.05, 4.69) is 4.90 Å². The van der Waals surface area contributed by atoms with Crippen LogP contribution in [0, 0.1) is 5.92 Å². The van der Waals surface area contributed by atoms with Crippen LogP contribution in [0.5, 0.6) is 0 Å². The van der Waals surface area contributed by atoms with E-state index in [1.54, 1.807) is 6.07 Å². The highest BCUT2D eigenvalue weighted by molar-refractivity contribution is 7.12. The lowest BCUT2D eigenvalue weighted by molar-refractivity contribution is -0.134. The lowest BCUT2D eigenvalue weighted by atomic mass is 9.92. The Morgan fingerprint density at radius 2 is 2.21 bits per heavy atom. The molecule has 0 amide bonds. The molecule has 6 heteroatoms. The molecule has 1 aliphatic heterocycles. The van der Waals surface area contributed by atoms with Gasteiger partial charge in [0.05, 0.1) is 0 Å². The Bertz CT molecular complexity index is 414. The number of halogens is 3. The van der Waals surface area contributed by atoms with Crippen LogP contribution < -0.4 is 5.73 Å². The molecule has 2 unspecified atom stereocenters. The summed E-state index contributed by atoms with van der Waals surface area (Å²) in [5.74, 6) is 0.454. The third-order valence-corrected chi connectivity index (χ3v) is 4.72. The average Bonchev–Trinajstić information content (AvgIpc) is 2.77. The number of alkyl halides is 3. The van der Waals surface area contributed by atoms with E-state index in [9.17, 15) is 13.2 Å². The number of piperidine rings is 1. The lowest BCUT2D eigenvalue weighted by Crippen LogP contribution is -2.41. The van der Waals surface area contributed by atoms with Gasteiger partial charge in [-0.2, -0.15) is 13.2 Å². The average molecular weight is 292 g/mol. The highest BCUT2D eigenvalue weighted by Gasteiger charge is 2.32. The van der Waals surface area contributed by atoms with Gasteiger partial charge in [-0.05, 0) is 44.4 Å². The summed E-state index contributed by atoms with van der Waals surface area (Å²) in [5, 5.41) is 0. The minimum atomic E-state index is -4.22. The van der Waals surface area contributed by atoms with Gasteiger partial charge in [-0.15, -0.1) is 11.3 Å². The molecular weight excluding hydrogens is 273 g/mol. The summed E-state index contributed by atoms with van der Waals surface area (Å²) < 4.78 is 37.6. The van der Waals surface area contributed by atoms with Gasteiger partial charge >= 0.3 is 6.18 Å². The van der Waals surface area contributed by atoms with Crippen LogP contribution in [0.15, 0.2) is 12.1 Å². The Labute approximate surface area is 115 Å². The Morgan fingerprint density at radius 1 is 1.47 bits per heavy atom. The van der Waals surface area contributed by atoms with Gasteiger partial charge in [-0.1, -0.05) is 0 Å². The number of hydrogen-bond acceptors (Lipinski definition) is 3. The minimum Gasteiger partial charge on any atom is -0.328 e. The summed E-state index contributed by atoms with van der Waals surface area (Å²) in [6, 6.07) is 2.91. The monoisotopic (exact) mass is 292 g/mol. The first kappa shape index (κ1) is 14.8. The highest BCUT2D eigenvalue weighted by atomic mass is 32.1. The Morgan fingerprint density at radius 3 is 2.79 bits per heavy atom. The topological polar surface area (TPSA) is 29.3 Å². The van der Waals surface area contributed by atoms with Crippen LogP contribution in [-0.2, 0) is 12.7 Å². The zero-order chi connectivity index (χ0) is 14.0. The maximum Gasteiger partial charge on any atom is 0.425 e. The quantitative estimate of drug-likeness (QED) is 0.926. The van der Waals surface area contributed by atoms with Crippen LogP contribution in [0.3, 0.4) is 0 Å². The van der Waals surface area contributed by atoms with E-state index in [1.165, 1.54) is 6.07 Å². The van der Waals surface area contributed by atoms with E-state index in [1.807, 2.05) is 6.92 Å². The van der Waals surface area contributed by atoms with Gasteiger partial charge in [0.2, 0.25) is 0 Å². The number of nitrogens with zero attached hydrogens (tertiary/aromatic N) is 1. The fourth-order valence-electron chi connectivity index (χ4n) is 2.50. The fourth-order valence-corrected chi connectivity index (χ4v) is 3.42. The molecule has 108 valence electrons. The second-order valence-electron chi connectivity index (χ2n) is 5.26. The van der Waals surface area contributed by atoms with Crippen molar-refractivity contribution in [2.75, 3.05) is 13.1 Å². The SMILES string of the molecule is CC(N)C1CCCN(Cc2ccc(C(F)(F)F)s2)C1. The Hall–Kier alpha value is -0.590. The van der Waals surface area contributed by atoms with Crippen LogP contribution >= 0.6 is 11.3 Å². The molecule has 19 heavy (non-hydrogen) atoms. The predicted octanol–water partition coefficient (Wildman–Crippen LogP) is 3.33. The first-order valence-corrected chi connectivity index (χ1v) is 7.32. The van der Waals surface area contributed by atoms with Crippen LogP contribution in [-0.4, -0.2) is 24.0 Å². The fraction of sp³-hybridized carbons (Fsp3) is 0.692. The number of nitrogens with two attached hydrogens (primary N) is 1. The molecule has 0 bridgehead atoms. The molecule has 0 aromatic carbocycles. The van der Waals surface area contributed by atoms with E-state index in [4.69, 9.17) is 5.73 Å². The van der Waals surface area contributed by atoms with Crippen LogP contribution in [0.1, 0.15) is 29.5 Å². The summed E-state index contributed by atoms with van der Waals surface area (Å²) in [6.07, 6.45) is -2.03. The molecule has 2 nitrogen and oxygen atoms in total. The molecule has 2 atom stereocenters. The summed E-state index contributed by atoms with van der Waals surface area (Å²) in [5.41, 5.74) is 5.91. The molecule has 0 radical (unpaired) electrons. The van der Waals surface area contributed by atoms with Crippen molar-refractivity contribution in [1.82, 2.24) is 4.90 Å². The lowest BCUT2D eigenvalue weighted by Gasteiger charge is -2.34. The summed E-state index contributed by atoms with van der Waals surface area (Å²) in [4.78, 5) is 2.48. The smallest absolute Gasteiger partial charge is 0.328 e. The zero-order valence-corrected chi connectivity index (χ0v) is 11.7. The van der Waals surface area contributed by atoms with E-state index >= 15 is 0 Å². The second kappa shape index (κ2) is 5.81. The molecule has 0 spiro atoms. The van der Waals surface area contributed by atoms with Crippen molar-refractivity contribution in [3.05, 3.63) is 21.9 Å². The van der Waals surface area contributed by atoms with Gasteiger partial charge in [0, 0.05) is 24.0 Å². The first-order valence-electron chi connectivity index (χ1n) is 6.50.